The van der Waals surface area contributed by atoms with Crippen molar-refractivity contribution in [1.29, 1.82) is 0 Å². The number of carbonyl (C=O) groups is 2. The van der Waals surface area contributed by atoms with E-state index in [1.165, 1.54) is 19.1 Å². The van der Waals surface area contributed by atoms with Crippen molar-refractivity contribution in [2.24, 2.45) is 5.73 Å². The third-order valence-corrected chi connectivity index (χ3v) is 7.33. The van der Waals surface area contributed by atoms with Crippen LogP contribution < -0.4 is 5.73 Å². The zero-order chi connectivity index (χ0) is 25.2. The summed E-state index contributed by atoms with van der Waals surface area (Å²) in [5.74, 6) is -2.22. The molecular formula is C25H27NO9. The summed E-state index contributed by atoms with van der Waals surface area (Å²) < 4.78 is 11.5. The number of rotatable bonds is 3. The van der Waals surface area contributed by atoms with Crippen LogP contribution in [0.3, 0.4) is 0 Å². The van der Waals surface area contributed by atoms with Crippen molar-refractivity contribution < 1.29 is 44.6 Å². The summed E-state index contributed by atoms with van der Waals surface area (Å²) in [6, 6.07) is 6.15. The molecule has 5 rings (SSSR count). The molecule has 1 heterocycles. The van der Waals surface area contributed by atoms with Gasteiger partial charge in [-0.1, -0.05) is 24.3 Å². The molecule has 3 aliphatic rings. The van der Waals surface area contributed by atoms with Crippen LogP contribution in [0.2, 0.25) is 0 Å². The molecule has 35 heavy (non-hydrogen) atoms. The lowest BCUT2D eigenvalue weighted by Gasteiger charge is -2.43. The fourth-order valence-corrected chi connectivity index (χ4v) is 5.21. The standard InChI is InChI=1S/C25H27NO9/c1-10(27)25(26)7-13-18(16(8-25)35-17-6-14(28)15(29)9-34-17)24(33)20-19(23(13)32)21(30)11-4-2-3-5-12(11)22(20)31/h2-5,10,14-17,27-29,32-33H,6-9,26H2,1H3/t10-,14-,15-,16+,17+,25+/m1/s1. The number of benzene rings is 2. The lowest BCUT2D eigenvalue weighted by Crippen LogP contribution is -2.55. The summed E-state index contributed by atoms with van der Waals surface area (Å²) in [6.07, 6.45) is -5.45. The van der Waals surface area contributed by atoms with Gasteiger partial charge < -0.3 is 40.7 Å². The fourth-order valence-electron chi connectivity index (χ4n) is 5.21. The average Bonchev–Trinajstić information content (AvgIpc) is 2.82. The van der Waals surface area contributed by atoms with Crippen molar-refractivity contribution in [3.05, 3.63) is 57.6 Å². The van der Waals surface area contributed by atoms with E-state index in [1.807, 2.05) is 0 Å². The molecule has 0 spiro atoms. The highest BCUT2D eigenvalue weighted by molar-refractivity contribution is 6.30. The van der Waals surface area contributed by atoms with Crippen molar-refractivity contribution in [2.45, 2.75) is 62.4 Å². The summed E-state index contributed by atoms with van der Waals surface area (Å²) in [4.78, 5) is 26.6. The van der Waals surface area contributed by atoms with Crippen LogP contribution in [0.25, 0.3) is 0 Å². The number of fused-ring (bicyclic) bond motifs is 3. The van der Waals surface area contributed by atoms with E-state index >= 15 is 0 Å². The Labute approximate surface area is 200 Å². The Morgan fingerprint density at radius 2 is 1.66 bits per heavy atom. The lowest BCUT2D eigenvalue weighted by atomic mass is 9.70. The van der Waals surface area contributed by atoms with Gasteiger partial charge in [0.1, 0.15) is 17.6 Å². The zero-order valence-electron chi connectivity index (χ0n) is 19.0. The first kappa shape index (κ1) is 23.9. The second-order valence-electron chi connectivity index (χ2n) is 9.59. The summed E-state index contributed by atoms with van der Waals surface area (Å²) in [5.41, 5.74) is 4.95. The summed E-state index contributed by atoms with van der Waals surface area (Å²) in [6.45, 7) is 1.31. The Bertz CT molecular complexity index is 1230. The highest BCUT2D eigenvalue weighted by Crippen LogP contribution is 2.51. The van der Waals surface area contributed by atoms with Crippen LogP contribution >= 0.6 is 0 Å². The third-order valence-electron chi connectivity index (χ3n) is 7.33. The van der Waals surface area contributed by atoms with E-state index in [-0.39, 0.29) is 59.3 Å². The first-order valence-corrected chi connectivity index (χ1v) is 11.4. The van der Waals surface area contributed by atoms with Crippen LogP contribution in [0.15, 0.2) is 24.3 Å². The number of hydrogen-bond acceptors (Lipinski definition) is 10. The third kappa shape index (κ3) is 3.65. The molecule has 1 saturated heterocycles. The highest BCUT2D eigenvalue weighted by Gasteiger charge is 2.47. The van der Waals surface area contributed by atoms with Gasteiger partial charge in [0.25, 0.3) is 0 Å². The van der Waals surface area contributed by atoms with Gasteiger partial charge in [-0.05, 0) is 19.8 Å². The van der Waals surface area contributed by atoms with E-state index < -0.39 is 59.3 Å². The average molecular weight is 485 g/mol. The lowest BCUT2D eigenvalue weighted by molar-refractivity contribution is -0.239. The molecule has 2 aromatic carbocycles. The quantitative estimate of drug-likeness (QED) is 0.285. The topological polar surface area (TPSA) is 180 Å². The molecule has 0 radical (unpaired) electrons. The van der Waals surface area contributed by atoms with E-state index in [0.29, 0.717) is 0 Å². The Hall–Kier alpha value is -2.86. The highest BCUT2D eigenvalue weighted by atomic mass is 16.7. The molecule has 186 valence electrons. The Kier molecular flexibility index (Phi) is 5.71. The predicted octanol–water partition coefficient (Wildman–Crippen LogP) is 0.424. The van der Waals surface area contributed by atoms with E-state index in [4.69, 9.17) is 15.2 Å². The molecule has 0 aromatic heterocycles. The van der Waals surface area contributed by atoms with E-state index in [2.05, 4.69) is 0 Å². The number of ether oxygens (including phenoxy) is 2. The van der Waals surface area contributed by atoms with Crippen molar-refractivity contribution in [3.8, 4) is 11.5 Å². The minimum Gasteiger partial charge on any atom is -0.507 e. The van der Waals surface area contributed by atoms with Gasteiger partial charge in [0.2, 0.25) is 0 Å². The van der Waals surface area contributed by atoms with Crippen LogP contribution in [0.5, 0.6) is 11.5 Å². The normalized spacial score (nSPS) is 30.9. The fraction of sp³-hybridized carbons (Fsp3) is 0.440. The minimum atomic E-state index is -1.30. The van der Waals surface area contributed by atoms with Gasteiger partial charge in [-0.15, -0.1) is 0 Å². The maximum Gasteiger partial charge on any atom is 0.198 e. The molecule has 0 unspecified atom stereocenters. The van der Waals surface area contributed by atoms with Crippen LogP contribution in [-0.2, 0) is 15.9 Å². The first-order chi connectivity index (χ1) is 16.5. The number of aliphatic hydroxyl groups is 3. The molecule has 1 aliphatic heterocycles. The number of nitrogens with two attached hydrogens (primary N) is 1. The summed E-state index contributed by atoms with van der Waals surface area (Å²) >= 11 is 0. The number of hydrogen-bond donors (Lipinski definition) is 6. The van der Waals surface area contributed by atoms with E-state index in [1.54, 1.807) is 12.1 Å². The van der Waals surface area contributed by atoms with Crippen molar-refractivity contribution in [3.63, 3.8) is 0 Å². The van der Waals surface area contributed by atoms with Crippen molar-refractivity contribution in [2.75, 3.05) is 6.61 Å². The Balaban J connectivity index is 1.66. The predicted molar refractivity (Wildman–Crippen MR) is 120 cm³/mol. The van der Waals surface area contributed by atoms with E-state index in [9.17, 15) is 35.1 Å². The zero-order valence-corrected chi connectivity index (χ0v) is 19.0. The smallest absolute Gasteiger partial charge is 0.198 e. The van der Waals surface area contributed by atoms with Crippen LogP contribution in [0, 0.1) is 0 Å². The van der Waals surface area contributed by atoms with Gasteiger partial charge in [0.15, 0.2) is 17.9 Å². The number of phenolic OH excluding ortho intramolecular Hbond substituents is 2. The monoisotopic (exact) mass is 485 g/mol. The maximum atomic E-state index is 13.3. The molecule has 2 aliphatic carbocycles. The number of phenols is 2. The molecule has 10 heteroatoms. The van der Waals surface area contributed by atoms with Crippen molar-refractivity contribution >= 4 is 11.6 Å². The van der Waals surface area contributed by atoms with Gasteiger partial charge in [-0.25, -0.2) is 0 Å². The number of aromatic hydroxyl groups is 2. The summed E-state index contributed by atoms with van der Waals surface area (Å²) in [5, 5.41) is 52.8. The molecule has 0 saturated carbocycles. The van der Waals surface area contributed by atoms with Gasteiger partial charge in [0, 0.05) is 34.2 Å². The molecule has 2 aromatic rings. The van der Waals surface area contributed by atoms with Gasteiger partial charge in [-0.2, -0.15) is 0 Å². The number of carbonyl (C=O) groups excluding carboxylic acids is 2. The SMILES string of the molecule is C[C@@H](O)[C@]1(N)Cc2c(O)c3c(c(O)c2[C@@H](O[C@H]2C[C@@H](O)[C@H](O)CO2)C1)C(=O)c1ccccc1C3=O. The van der Waals surface area contributed by atoms with Crippen LogP contribution in [0.1, 0.15) is 68.8 Å². The van der Waals surface area contributed by atoms with Crippen molar-refractivity contribution in [1.82, 2.24) is 0 Å². The van der Waals surface area contributed by atoms with Gasteiger partial charge in [0.05, 0.1) is 36.0 Å². The molecule has 6 atom stereocenters. The molecular weight excluding hydrogens is 458 g/mol. The first-order valence-electron chi connectivity index (χ1n) is 11.4. The molecule has 1 fully saturated rings. The molecule has 0 bridgehead atoms. The second kappa shape index (κ2) is 8.37. The van der Waals surface area contributed by atoms with E-state index in [0.717, 1.165) is 0 Å². The Morgan fingerprint density at radius 1 is 1.06 bits per heavy atom. The maximum absolute atomic E-state index is 13.3. The van der Waals surface area contributed by atoms with Crippen LogP contribution in [0.4, 0.5) is 0 Å². The minimum absolute atomic E-state index is 0.0132. The molecule has 0 amide bonds. The molecule has 7 N–H and O–H groups in total. The number of ketones is 2. The summed E-state index contributed by atoms with van der Waals surface area (Å²) in [7, 11) is 0. The molecule has 10 nitrogen and oxygen atoms in total. The second-order valence-corrected chi connectivity index (χ2v) is 9.59. The Morgan fingerprint density at radius 3 is 2.23 bits per heavy atom. The number of aliphatic hydroxyl groups excluding tert-OH is 3. The van der Waals surface area contributed by atoms with Gasteiger partial charge >= 0.3 is 0 Å². The van der Waals surface area contributed by atoms with Crippen LogP contribution in [-0.4, -0.2) is 73.8 Å². The van der Waals surface area contributed by atoms with Gasteiger partial charge in [-0.3, -0.25) is 9.59 Å². The largest absolute Gasteiger partial charge is 0.507 e.